The van der Waals surface area contributed by atoms with Gasteiger partial charge in [-0.2, -0.15) is 0 Å². The second-order valence-electron chi connectivity index (χ2n) is 5.82. The standard InChI is InChI=1S/C22H22N2O2/c1-2-17-10-6-7-13-19(17)24-22(25)16-23-20-14-8-9-15-21(20)26-18-11-4-3-5-12-18/h3-15,23H,2,16H2,1H3,(H,24,25). The molecular weight excluding hydrogens is 324 g/mol. The summed E-state index contributed by atoms with van der Waals surface area (Å²) < 4.78 is 5.90. The van der Waals surface area contributed by atoms with Crippen molar-refractivity contribution in [3.8, 4) is 11.5 Å². The fourth-order valence-corrected chi connectivity index (χ4v) is 2.64. The van der Waals surface area contributed by atoms with Crippen molar-refractivity contribution >= 4 is 17.3 Å². The molecule has 132 valence electrons. The van der Waals surface area contributed by atoms with Crippen LogP contribution in [0.4, 0.5) is 11.4 Å². The van der Waals surface area contributed by atoms with Crippen molar-refractivity contribution in [3.63, 3.8) is 0 Å². The van der Waals surface area contributed by atoms with E-state index < -0.39 is 0 Å². The second-order valence-corrected chi connectivity index (χ2v) is 5.82. The van der Waals surface area contributed by atoms with Crippen molar-refractivity contribution in [2.45, 2.75) is 13.3 Å². The van der Waals surface area contributed by atoms with E-state index in [2.05, 4.69) is 17.6 Å². The van der Waals surface area contributed by atoms with Crippen LogP contribution in [-0.4, -0.2) is 12.5 Å². The third-order valence-corrected chi connectivity index (χ3v) is 3.97. The van der Waals surface area contributed by atoms with Crippen molar-refractivity contribution in [3.05, 3.63) is 84.4 Å². The number of anilines is 2. The zero-order chi connectivity index (χ0) is 18.2. The molecule has 4 heteroatoms. The first-order valence-electron chi connectivity index (χ1n) is 8.70. The minimum atomic E-state index is -0.0968. The van der Waals surface area contributed by atoms with Gasteiger partial charge < -0.3 is 15.4 Å². The van der Waals surface area contributed by atoms with Crippen LogP contribution in [0.1, 0.15) is 12.5 Å². The maximum Gasteiger partial charge on any atom is 0.243 e. The molecule has 0 saturated carbocycles. The number of rotatable bonds is 7. The molecule has 0 aliphatic carbocycles. The van der Waals surface area contributed by atoms with E-state index in [1.165, 1.54) is 0 Å². The molecule has 4 nitrogen and oxygen atoms in total. The summed E-state index contributed by atoms with van der Waals surface area (Å²) in [5.74, 6) is 1.34. The number of benzene rings is 3. The Morgan fingerprint density at radius 3 is 2.27 bits per heavy atom. The molecule has 26 heavy (non-hydrogen) atoms. The fourth-order valence-electron chi connectivity index (χ4n) is 2.64. The Kier molecular flexibility index (Phi) is 5.88. The summed E-state index contributed by atoms with van der Waals surface area (Å²) >= 11 is 0. The maximum atomic E-state index is 12.3. The van der Waals surface area contributed by atoms with Gasteiger partial charge >= 0.3 is 0 Å². The molecule has 0 aromatic heterocycles. The molecular formula is C22H22N2O2. The topological polar surface area (TPSA) is 50.4 Å². The lowest BCUT2D eigenvalue weighted by molar-refractivity contribution is -0.114. The van der Waals surface area contributed by atoms with Crippen LogP contribution in [0.5, 0.6) is 11.5 Å². The first-order chi connectivity index (χ1) is 12.8. The van der Waals surface area contributed by atoms with E-state index in [-0.39, 0.29) is 12.5 Å². The van der Waals surface area contributed by atoms with Crippen LogP contribution >= 0.6 is 0 Å². The van der Waals surface area contributed by atoms with Crippen molar-refractivity contribution in [2.24, 2.45) is 0 Å². The molecule has 0 heterocycles. The number of ether oxygens (including phenoxy) is 1. The molecule has 1 amide bonds. The Balaban J connectivity index is 1.63. The van der Waals surface area contributed by atoms with Crippen LogP contribution in [-0.2, 0) is 11.2 Å². The zero-order valence-corrected chi connectivity index (χ0v) is 14.7. The molecule has 0 atom stereocenters. The average molecular weight is 346 g/mol. The summed E-state index contributed by atoms with van der Waals surface area (Å²) in [6.45, 7) is 2.23. The molecule has 0 aliphatic heterocycles. The van der Waals surface area contributed by atoms with Gasteiger partial charge in [0.2, 0.25) is 5.91 Å². The van der Waals surface area contributed by atoms with E-state index in [1.54, 1.807) is 0 Å². The van der Waals surface area contributed by atoms with Crippen LogP contribution in [0.15, 0.2) is 78.9 Å². The highest BCUT2D eigenvalue weighted by atomic mass is 16.5. The second kappa shape index (κ2) is 8.72. The third kappa shape index (κ3) is 4.63. The minimum absolute atomic E-state index is 0.0968. The highest BCUT2D eigenvalue weighted by molar-refractivity contribution is 5.94. The number of carbonyl (C=O) groups is 1. The van der Waals surface area contributed by atoms with Crippen molar-refractivity contribution in [2.75, 3.05) is 17.2 Å². The third-order valence-electron chi connectivity index (χ3n) is 3.97. The molecule has 0 unspecified atom stereocenters. The summed E-state index contributed by atoms with van der Waals surface area (Å²) in [5, 5.41) is 6.11. The lowest BCUT2D eigenvalue weighted by Gasteiger charge is -2.14. The molecule has 0 bridgehead atoms. The highest BCUT2D eigenvalue weighted by Gasteiger charge is 2.08. The van der Waals surface area contributed by atoms with Crippen LogP contribution in [0.25, 0.3) is 0 Å². The summed E-state index contributed by atoms with van der Waals surface area (Å²) in [5.41, 5.74) is 2.75. The first kappa shape index (κ1) is 17.5. The number of aryl methyl sites for hydroxylation is 1. The van der Waals surface area contributed by atoms with Crippen LogP contribution in [0, 0.1) is 0 Å². The molecule has 0 spiro atoms. The molecule has 2 N–H and O–H groups in total. The van der Waals surface area contributed by atoms with Gasteiger partial charge in [-0.3, -0.25) is 4.79 Å². The van der Waals surface area contributed by atoms with Crippen LogP contribution in [0.3, 0.4) is 0 Å². The van der Waals surface area contributed by atoms with Gasteiger partial charge in [0.05, 0.1) is 12.2 Å². The van der Waals surface area contributed by atoms with E-state index in [9.17, 15) is 4.79 Å². The summed E-state index contributed by atoms with van der Waals surface area (Å²) in [7, 11) is 0. The summed E-state index contributed by atoms with van der Waals surface area (Å²) in [4.78, 5) is 12.3. The van der Waals surface area contributed by atoms with Gasteiger partial charge in [0.25, 0.3) is 0 Å². The highest BCUT2D eigenvalue weighted by Crippen LogP contribution is 2.28. The summed E-state index contributed by atoms with van der Waals surface area (Å²) in [6.07, 6.45) is 0.873. The van der Waals surface area contributed by atoms with Gasteiger partial charge in [-0.25, -0.2) is 0 Å². The average Bonchev–Trinajstić information content (AvgIpc) is 2.68. The van der Waals surface area contributed by atoms with E-state index in [1.807, 2.05) is 78.9 Å². The molecule has 3 rings (SSSR count). The van der Waals surface area contributed by atoms with Gasteiger partial charge in [-0.15, -0.1) is 0 Å². The Morgan fingerprint density at radius 1 is 0.846 bits per heavy atom. The quantitative estimate of drug-likeness (QED) is 0.626. The number of amides is 1. The smallest absolute Gasteiger partial charge is 0.243 e. The Labute approximate surface area is 153 Å². The van der Waals surface area contributed by atoms with Crippen LogP contribution in [0.2, 0.25) is 0 Å². The molecule has 3 aromatic rings. The van der Waals surface area contributed by atoms with Gasteiger partial charge in [-0.05, 0) is 42.3 Å². The van der Waals surface area contributed by atoms with Crippen LogP contribution < -0.4 is 15.4 Å². The number of para-hydroxylation sites is 4. The number of hydrogen-bond acceptors (Lipinski definition) is 3. The maximum absolute atomic E-state index is 12.3. The number of carbonyl (C=O) groups excluding carboxylic acids is 1. The monoisotopic (exact) mass is 346 g/mol. The molecule has 0 saturated heterocycles. The Bertz CT molecular complexity index is 863. The van der Waals surface area contributed by atoms with Gasteiger partial charge in [-0.1, -0.05) is 55.5 Å². The SMILES string of the molecule is CCc1ccccc1NC(=O)CNc1ccccc1Oc1ccccc1. The lowest BCUT2D eigenvalue weighted by Crippen LogP contribution is -2.22. The van der Waals surface area contributed by atoms with Crippen molar-refractivity contribution < 1.29 is 9.53 Å². The fraction of sp³-hybridized carbons (Fsp3) is 0.136. The predicted octanol–water partition coefficient (Wildman–Crippen LogP) is 5.09. The van der Waals surface area contributed by atoms with Crippen molar-refractivity contribution in [1.82, 2.24) is 0 Å². The molecule has 0 radical (unpaired) electrons. The van der Waals surface area contributed by atoms with Gasteiger partial charge in [0.1, 0.15) is 5.75 Å². The largest absolute Gasteiger partial charge is 0.455 e. The zero-order valence-electron chi connectivity index (χ0n) is 14.7. The van der Waals surface area contributed by atoms with E-state index in [4.69, 9.17) is 4.74 Å². The molecule has 0 fully saturated rings. The normalized spacial score (nSPS) is 10.2. The predicted molar refractivity (Wildman–Crippen MR) is 106 cm³/mol. The number of hydrogen-bond donors (Lipinski definition) is 2. The van der Waals surface area contributed by atoms with E-state index in [0.29, 0.717) is 5.75 Å². The van der Waals surface area contributed by atoms with E-state index >= 15 is 0 Å². The minimum Gasteiger partial charge on any atom is -0.455 e. The molecule has 0 aliphatic rings. The van der Waals surface area contributed by atoms with Gasteiger partial charge in [0, 0.05) is 5.69 Å². The first-order valence-corrected chi connectivity index (χ1v) is 8.70. The summed E-state index contributed by atoms with van der Waals surface area (Å²) in [6, 6.07) is 25.0. The van der Waals surface area contributed by atoms with Crippen molar-refractivity contribution in [1.29, 1.82) is 0 Å². The lowest BCUT2D eigenvalue weighted by atomic mass is 10.1. The Hall–Kier alpha value is -3.27. The Morgan fingerprint density at radius 2 is 1.50 bits per heavy atom. The molecule has 3 aromatic carbocycles. The van der Waals surface area contributed by atoms with E-state index in [0.717, 1.165) is 29.1 Å². The number of nitrogens with one attached hydrogen (secondary N) is 2. The van der Waals surface area contributed by atoms with Gasteiger partial charge in [0.15, 0.2) is 5.75 Å².